The summed E-state index contributed by atoms with van der Waals surface area (Å²) in [5, 5.41) is 11.4. The lowest BCUT2D eigenvalue weighted by atomic mass is 9.97. The van der Waals surface area contributed by atoms with Gasteiger partial charge < -0.3 is 16.0 Å². The second-order valence-corrected chi connectivity index (χ2v) is 7.32. The fourth-order valence-electron chi connectivity index (χ4n) is 3.65. The Kier molecular flexibility index (Phi) is 6.13. The molecule has 28 heavy (non-hydrogen) atoms. The molecule has 1 aliphatic rings. The summed E-state index contributed by atoms with van der Waals surface area (Å²) in [6.45, 7) is 6.25. The van der Waals surface area contributed by atoms with Crippen LogP contribution in [0.2, 0.25) is 0 Å². The van der Waals surface area contributed by atoms with Crippen molar-refractivity contribution < 1.29 is 4.79 Å². The SMILES string of the molecule is CCc1nn(C)c(NC(=O)Cn2ncc(N3CCC(CN)CC3)cc2=O)c1C. The maximum atomic E-state index is 12.4. The van der Waals surface area contributed by atoms with Crippen molar-refractivity contribution in [3.63, 3.8) is 0 Å². The fraction of sp³-hybridized carbons (Fsp3) is 0.579. The first-order valence-electron chi connectivity index (χ1n) is 9.77. The number of nitrogens with zero attached hydrogens (tertiary/aromatic N) is 5. The lowest BCUT2D eigenvalue weighted by Crippen LogP contribution is -2.37. The number of amides is 1. The number of nitrogens with one attached hydrogen (secondary N) is 1. The molecule has 1 aliphatic heterocycles. The zero-order chi connectivity index (χ0) is 20.3. The summed E-state index contributed by atoms with van der Waals surface area (Å²) in [5.41, 5.74) is 8.12. The highest BCUT2D eigenvalue weighted by Gasteiger charge is 2.19. The molecule has 3 N–H and O–H groups in total. The highest BCUT2D eigenvalue weighted by Crippen LogP contribution is 2.21. The van der Waals surface area contributed by atoms with Crippen LogP contribution in [-0.2, 0) is 24.8 Å². The van der Waals surface area contributed by atoms with Crippen LogP contribution in [0.1, 0.15) is 31.0 Å². The molecule has 1 fully saturated rings. The van der Waals surface area contributed by atoms with E-state index in [9.17, 15) is 9.59 Å². The molecule has 3 rings (SSSR count). The van der Waals surface area contributed by atoms with Gasteiger partial charge in [0.05, 0.1) is 17.6 Å². The number of aromatic nitrogens is 4. The van der Waals surface area contributed by atoms with Gasteiger partial charge in [-0.2, -0.15) is 10.2 Å². The van der Waals surface area contributed by atoms with Crippen LogP contribution in [0.5, 0.6) is 0 Å². The number of hydrogen-bond acceptors (Lipinski definition) is 6. The number of carbonyl (C=O) groups excluding carboxylic acids is 1. The normalized spacial score (nSPS) is 15.1. The Morgan fingerprint density at radius 3 is 2.64 bits per heavy atom. The van der Waals surface area contributed by atoms with Gasteiger partial charge in [0.25, 0.3) is 5.56 Å². The molecule has 2 aromatic heterocycles. The van der Waals surface area contributed by atoms with Gasteiger partial charge in [0.1, 0.15) is 12.4 Å². The van der Waals surface area contributed by atoms with Crippen molar-refractivity contribution in [3.05, 3.63) is 33.9 Å². The quantitative estimate of drug-likeness (QED) is 0.753. The van der Waals surface area contributed by atoms with E-state index in [0.717, 1.165) is 49.3 Å². The van der Waals surface area contributed by atoms with E-state index in [1.165, 1.54) is 4.68 Å². The molecular formula is C19H29N7O2. The Morgan fingerprint density at radius 1 is 1.36 bits per heavy atom. The van der Waals surface area contributed by atoms with Crippen LogP contribution in [0.15, 0.2) is 17.1 Å². The van der Waals surface area contributed by atoms with E-state index in [2.05, 4.69) is 20.4 Å². The largest absolute Gasteiger partial charge is 0.370 e. The lowest BCUT2D eigenvalue weighted by molar-refractivity contribution is -0.117. The first kappa shape index (κ1) is 20.1. The van der Waals surface area contributed by atoms with E-state index in [0.29, 0.717) is 18.3 Å². The van der Waals surface area contributed by atoms with E-state index in [1.54, 1.807) is 24.0 Å². The molecule has 0 spiro atoms. The molecule has 3 heterocycles. The second kappa shape index (κ2) is 8.55. The molecule has 9 heteroatoms. The van der Waals surface area contributed by atoms with Crippen molar-refractivity contribution in [2.75, 3.05) is 29.9 Å². The van der Waals surface area contributed by atoms with Gasteiger partial charge in [-0.15, -0.1) is 0 Å². The van der Waals surface area contributed by atoms with Gasteiger partial charge in [-0.25, -0.2) is 4.68 Å². The first-order chi connectivity index (χ1) is 13.4. The number of rotatable bonds is 6. The molecule has 0 bridgehead atoms. The van der Waals surface area contributed by atoms with Crippen LogP contribution >= 0.6 is 0 Å². The summed E-state index contributed by atoms with van der Waals surface area (Å²) in [5.74, 6) is 0.895. The van der Waals surface area contributed by atoms with Crippen molar-refractivity contribution in [2.24, 2.45) is 18.7 Å². The summed E-state index contributed by atoms with van der Waals surface area (Å²) in [6.07, 6.45) is 4.49. The van der Waals surface area contributed by atoms with Crippen LogP contribution in [0.3, 0.4) is 0 Å². The molecule has 0 aromatic carbocycles. The predicted molar refractivity (Wildman–Crippen MR) is 108 cm³/mol. The van der Waals surface area contributed by atoms with Gasteiger partial charge in [-0.05, 0) is 38.6 Å². The number of nitrogens with two attached hydrogens (primary N) is 1. The van der Waals surface area contributed by atoms with Crippen molar-refractivity contribution in [2.45, 2.75) is 39.7 Å². The molecule has 0 aliphatic carbocycles. The highest BCUT2D eigenvalue weighted by molar-refractivity contribution is 5.90. The van der Waals surface area contributed by atoms with E-state index in [4.69, 9.17) is 5.73 Å². The lowest BCUT2D eigenvalue weighted by Gasteiger charge is -2.32. The van der Waals surface area contributed by atoms with Gasteiger partial charge in [-0.1, -0.05) is 6.92 Å². The minimum Gasteiger partial charge on any atom is -0.370 e. The molecule has 0 saturated carbocycles. The number of piperidine rings is 1. The van der Waals surface area contributed by atoms with Gasteiger partial charge in [0.15, 0.2) is 0 Å². The molecule has 152 valence electrons. The number of carbonyl (C=O) groups is 1. The first-order valence-corrected chi connectivity index (χ1v) is 9.77. The Balaban J connectivity index is 1.66. The van der Waals surface area contributed by atoms with Crippen molar-refractivity contribution >= 4 is 17.4 Å². The van der Waals surface area contributed by atoms with Gasteiger partial charge in [-0.3, -0.25) is 14.3 Å². The van der Waals surface area contributed by atoms with Crippen molar-refractivity contribution in [3.8, 4) is 0 Å². The van der Waals surface area contributed by atoms with Gasteiger partial charge >= 0.3 is 0 Å². The van der Waals surface area contributed by atoms with Crippen LogP contribution in [-0.4, -0.2) is 45.1 Å². The fourth-order valence-corrected chi connectivity index (χ4v) is 3.65. The molecular weight excluding hydrogens is 358 g/mol. The minimum atomic E-state index is -0.306. The van der Waals surface area contributed by atoms with Crippen molar-refractivity contribution in [1.82, 2.24) is 19.6 Å². The Bertz CT molecular complexity index is 894. The van der Waals surface area contributed by atoms with Gasteiger partial charge in [0, 0.05) is 31.8 Å². The molecule has 1 amide bonds. The van der Waals surface area contributed by atoms with E-state index in [-0.39, 0.29) is 18.0 Å². The summed E-state index contributed by atoms with van der Waals surface area (Å²) in [6, 6.07) is 1.55. The summed E-state index contributed by atoms with van der Waals surface area (Å²) >= 11 is 0. The third kappa shape index (κ3) is 4.24. The molecule has 9 nitrogen and oxygen atoms in total. The molecule has 2 aromatic rings. The average Bonchev–Trinajstić information content (AvgIpc) is 2.97. The zero-order valence-electron chi connectivity index (χ0n) is 16.8. The van der Waals surface area contributed by atoms with Crippen LogP contribution < -0.4 is 21.5 Å². The smallest absolute Gasteiger partial charge is 0.269 e. The summed E-state index contributed by atoms with van der Waals surface area (Å²) < 4.78 is 2.83. The highest BCUT2D eigenvalue weighted by atomic mass is 16.2. The Labute approximate surface area is 164 Å². The van der Waals surface area contributed by atoms with E-state index < -0.39 is 0 Å². The average molecular weight is 387 g/mol. The molecule has 1 saturated heterocycles. The molecule has 0 atom stereocenters. The monoisotopic (exact) mass is 387 g/mol. The Morgan fingerprint density at radius 2 is 2.07 bits per heavy atom. The predicted octanol–water partition coefficient (Wildman–Crippen LogP) is 0.661. The van der Waals surface area contributed by atoms with E-state index in [1.807, 2.05) is 13.8 Å². The standard InChI is InChI=1S/C19H29N7O2/c1-4-16-13(2)19(24(3)23-16)22-17(27)12-26-18(28)9-15(11-21-26)25-7-5-14(10-20)6-8-25/h9,11,14H,4-8,10,12,20H2,1-3H3,(H,22,27). The molecule has 0 radical (unpaired) electrons. The second-order valence-electron chi connectivity index (χ2n) is 7.32. The van der Waals surface area contributed by atoms with Crippen LogP contribution in [0.4, 0.5) is 11.5 Å². The third-order valence-corrected chi connectivity index (χ3v) is 5.44. The van der Waals surface area contributed by atoms with Crippen LogP contribution in [0.25, 0.3) is 0 Å². The Hall–Kier alpha value is -2.68. The van der Waals surface area contributed by atoms with Gasteiger partial charge in [0.2, 0.25) is 5.91 Å². The van der Waals surface area contributed by atoms with Crippen LogP contribution in [0, 0.1) is 12.8 Å². The zero-order valence-corrected chi connectivity index (χ0v) is 16.8. The number of aryl methyl sites for hydroxylation is 2. The maximum absolute atomic E-state index is 12.4. The summed E-state index contributed by atoms with van der Waals surface area (Å²) in [7, 11) is 1.79. The number of hydrogen-bond donors (Lipinski definition) is 2. The summed E-state index contributed by atoms with van der Waals surface area (Å²) in [4.78, 5) is 27.0. The van der Waals surface area contributed by atoms with E-state index >= 15 is 0 Å². The maximum Gasteiger partial charge on any atom is 0.269 e. The molecule has 0 unspecified atom stereocenters. The van der Waals surface area contributed by atoms with Crippen molar-refractivity contribution in [1.29, 1.82) is 0 Å². The topological polar surface area (TPSA) is 111 Å². The number of anilines is 2. The minimum absolute atomic E-state index is 0.138. The third-order valence-electron chi connectivity index (χ3n) is 5.44.